The first kappa shape index (κ1) is 12.7. The third-order valence-electron chi connectivity index (χ3n) is 2.60. The average molecular weight is 367 g/mol. The minimum Gasteiger partial charge on any atom is -0.506 e. The van der Waals surface area contributed by atoms with Crippen molar-refractivity contribution >= 4 is 43.6 Å². The second-order valence-electron chi connectivity index (χ2n) is 3.85. The molecule has 1 aromatic rings. The highest BCUT2D eigenvalue weighted by atomic mass is 79.9. The molecule has 0 amide bonds. The van der Waals surface area contributed by atoms with E-state index in [0.29, 0.717) is 6.04 Å². The fourth-order valence-electron chi connectivity index (χ4n) is 1.68. The first-order chi connectivity index (χ1) is 7.66. The van der Waals surface area contributed by atoms with Gasteiger partial charge in [-0.3, -0.25) is 0 Å². The van der Waals surface area contributed by atoms with Crippen molar-refractivity contribution in [2.75, 3.05) is 11.5 Å². The fourth-order valence-corrected chi connectivity index (χ4v) is 4.15. The van der Waals surface area contributed by atoms with E-state index in [0.717, 1.165) is 15.5 Å². The van der Waals surface area contributed by atoms with Gasteiger partial charge < -0.3 is 10.4 Å². The normalized spacial score (nSPS) is 20.2. The van der Waals surface area contributed by atoms with Gasteiger partial charge in [0.15, 0.2) is 0 Å². The maximum Gasteiger partial charge on any atom is 0.143 e. The summed E-state index contributed by atoms with van der Waals surface area (Å²) >= 11 is 8.68. The molecule has 1 atom stereocenters. The summed E-state index contributed by atoms with van der Waals surface area (Å²) in [6.45, 7) is 0.850. The molecule has 1 aromatic carbocycles. The zero-order valence-corrected chi connectivity index (χ0v) is 12.7. The molecule has 5 heteroatoms. The minimum absolute atomic E-state index is 0.264. The number of phenols is 1. The number of hydrogen-bond donors (Lipinski definition) is 2. The van der Waals surface area contributed by atoms with Gasteiger partial charge in [-0.05, 0) is 61.7 Å². The van der Waals surface area contributed by atoms with E-state index in [2.05, 4.69) is 37.2 Å². The van der Waals surface area contributed by atoms with Crippen molar-refractivity contribution in [3.05, 3.63) is 26.6 Å². The number of aromatic hydroxyl groups is 1. The Kier molecular flexibility index (Phi) is 4.58. The Labute approximate surface area is 116 Å². The highest BCUT2D eigenvalue weighted by Gasteiger charge is 2.14. The van der Waals surface area contributed by atoms with Gasteiger partial charge in [-0.15, -0.1) is 0 Å². The lowest BCUT2D eigenvalue weighted by Crippen LogP contribution is -2.27. The smallest absolute Gasteiger partial charge is 0.143 e. The van der Waals surface area contributed by atoms with Crippen LogP contribution in [0.2, 0.25) is 0 Å². The van der Waals surface area contributed by atoms with E-state index in [4.69, 9.17) is 0 Å². The number of nitrogens with one attached hydrogen (secondary N) is 1. The van der Waals surface area contributed by atoms with E-state index in [1.165, 1.54) is 23.5 Å². The van der Waals surface area contributed by atoms with E-state index in [9.17, 15) is 5.11 Å². The predicted molar refractivity (Wildman–Crippen MR) is 76.1 cm³/mol. The monoisotopic (exact) mass is 365 g/mol. The second-order valence-corrected chi connectivity index (χ2v) is 6.71. The van der Waals surface area contributed by atoms with Crippen LogP contribution in [-0.2, 0) is 6.54 Å². The van der Waals surface area contributed by atoms with Crippen LogP contribution in [0.3, 0.4) is 0 Å². The van der Waals surface area contributed by atoms with Gasteiger partial charge in [0.2, 0.25) is 0 Å². The van der Waals surface area contributed by atoms with E-state index in [-0.39, 0.29) is 5.75 Å². The van der Waals surface area contributed by atoms with Crippen molar-refractivity contribution in [3.8, 4) is 5.75 Å². The summed E-state index contributed by atoms with van der Waals surface area (Å²) in [5, 5.41) is 13.1. The van der Waals surface area contributed by atoms with Gasteiger partial charge in [0.1, 0.15) is 5.75 Å². The zero-order chi connectivity index (χ0) is 11.5. The molecule has 0 saturated carbocycles. The highest BCUT2D eigenvalue weighted by Crippen LogP contribution is 2.33. The van der Waals surface area contributed by atoms with Crippen molar-refractivity contribution < 1.29 is 5.11 Å². The number of phenolic OH excluding ortho intramolecular Hbond substituents is 1. The van der Waals surface area contributed by atoms with Crippen LogP contribution < -0.4 is 5.32 Å². The predicted octanol–water partition coefficient (Wildman–Crippen LogP) is 3.51. The summed E-state index contributed by atoms with van der Waals surface area (Å²) in [6.07, 6.45) is 1.26. The van der Waals surface area contributed by atoms with Crippen molar-refractivity contribution in [2.45, 2.75) is 19.0 Å². The molecular weight excluding hydrogens is 354 g/mol. The molecule has 88 valence electrons. The molecule has 2 rings (SSSR count). The Morgan fingerprint density at radius 3 is 2.62 bits per heavy atom. The quantitative estimate of drug-likeness (QED) is 0.858. The molecule has 1 aliphatic rings. The Balaban J connectivity index is 1.98. The van der Waals surface area contributed by atoms with Crippen LogP contribution in [0.4, 0.5) is 0 Å². The van der Waals surface area contributed by atoms with E-state index >= 15 is 0 Å². The van der Waals surface area contributed by atoms with Gasteiger partial charge in [0.25, 0.3) is 0 Å². The van der Waals surface area contributed by atoms with Crippen molar-refractivity contribution in [1.82, 2.24) is 5.32 Å². The number of thioether (sulfide) groups is 1. The largest absolute Gasteiger partial charge is 0.506 e. The molecule has 0 aliphatic carbocycles. The third kappa shape index (κ3) is 3.15. The maximum atomic E-state index is 9.59. The van der Waals surface area contributed by atoms with Crippen LogP contribution in [0.15, 0.2) is 21.1 Å². The number of hydrogen-bond acceptors (Lipinski definition) is 3. The number of rotatable bonds is 3. The highest BCUT2D eigenvalue weighted by molar-refractivity contribution is 9.11. The Morgan fingerprint density at radius 2 is 2.06 bits per heavy atom. The van der Waals surface area contributed by atoms with Crippen LogP contribution in [0.25, 0.3) is 0 Å². The minimum atomic E-state index is 0.264. The lowest BCUT2D eigenvalue weighted by Gasteiger charge is -2.12. The first-order valence-corrected chi connectivity index (χ1v) is 7.89. The van der Waals surface area contributed by atoms with Gasteiger partial charge in [-0.1, -0.05) is 0 Å². The van der Waals surface area contributed by atoms with Crippen molar-refractivity contribution in [1.29, 1.82) is 0 Å². The molecule has 2 N–H and O–H groups in total. The van der Waals surface area contributed by atoms with Crippen LogP contribution in [0.1, 0.15) is 12.0 Å². The molecule has 0 bridgehead atoms. The summed E-state index contributed by atoms with van der Waals surface area (Å²) in [7, 11) is 0. The molecule has 1 unspecified atom stereocenters. The first-order valence-electron chi connectivity index (χ1n) is 5.15. The van der Waals surface area contributed by atoms with Gasteiger partial charge in [-0.25, -0.2) is 0 Å². The van der Waals surface area contributed by atoms with Crippen LogP contribution in [0, 0.1) is 0 Å². The van der Waals surface area contributed by atoms with Crippen molar-refractivity contribution in [2.24, 2.45) is 0 Å². The van der Waals surface area contributed by atoms with Gasteiger partial charge in [0.05, 0.1) is 8.95 Å². The summed E-state index contributed by atoms with van der Waals surface area (Å²) in [5.74, 6) is 2.74. The Morgan fingerprint density at radius 1 is 1.38 bits per heavy atom. The number of benzene rings is 1. The summed E-state index contributed by atoms with van der Waals surface area (Å²) in [4.78, 5) is 0. The third-order valence-corrected chi connectivity index (χ3v) is 4.97. The Bertz CT molecular complexity index is 357. The lowest BCUT2D eigenvalue weighted by molar-refractivity contribution is 0.467. The molecule has 1 fully saturated rings. The average Bonchev–Trinajstić information content (AvgIpc) is 2.75. The van der Waals surface area contributed by atoms with Gasteiger partial charge >= 0.3 is 0 Å². The Hall–Kier alpha value is 0.290. The van der Waals surface area contributed by atoms with Gasteiger partial charge in [-0.2, -0.15) is 11.8 Å². The molecule has 0 radical (unpaired) electrons. The molecule has 0 spiro atoms. The van der Waals surface area contributed by atoms with E-state index in [1.807, 2.05) is 23.9 Å². The fraction of sp³-hybridized carbons (Fsp3) is 0.455. The lowest BCUT2D eigenvalue weighted by atomic mass is 10.2. The van der Waals surface area contributed by atoms with E-state index in [1.54, 1.807) is 0 Å². The van der Waals surface area contributed by atoms with Crippen LogP contribution in [0.5, 0.6) is 5.75 Å². The molecule has 1 aliphatic heterocycles. The van der Waals surface area contributed by atoms with Crippen LogP contribution in [-0.4, -0.2) is 22.7 Å². The number of halogens is 2. The topological polar surface area (TPSA) is 32.3 Å². The second kappa shape index (κ2) is 5.76. The molecule has 2 nitrogen and oxygen atoms in total. The van der Waals surface area contributed by atoms with Crippen LogP contribution >= 0.6 is 43.6 Å². The SMILES string of the molecule is Oc1c(Br)cc(CNC2CCSC2)cc1Br. The molecule has 1 heterocycles. The standard InChI is InChI=1S/C11H13Br2NOS/c12-9-3-7(4-10(13)11(9)15)5-14-8-1-2-16-6-8/h3-4,8,14-15H,1-2,5-6H2. The van der Waals surface area contributed by atoms with Crippen molar-refractivity contribution in [3.63, 3.8) is 0 Å². The van der Waals surface area contributed by atoms with Gasteiger partial charge in [0, 0.05) is 18.3 Å². The maximum absolute atomic E-state index is 9.59. The molecule has 0 aromatic heterocycles. The van der Waals surface area contributed by atoms with E-state index < -0.39 is 0 Å². The summed E-state index contributed by atoms with van der Waals surface area (Å²) in [6, 6.07) is 4.54. The molecule has 16 heavy (non-hydrogen) atoms. The molecular formula is C11H13Br2NOS. The summed E-state index contributed by atoms with van der Waals surface area (Å²) < 4.78 is 1.47. The summed E-state index contributed by atoms with van der Waals surface area (Å²) in [5.41, 5.74) is 1.17. The molecule has 1 saturated heterocycles. The zero-order valence-electron chi connectivity index (χ0n) is 8.67.